The summed E-state index contributed by atoms with van der Waals surface area (Å²) in [6.07, 6.45) is 1.76. The number of sulfonamides is 1. The topological polar surface area (TPSA) is 67.9 Å². The first kappa shape index (κ1) is 16.0. The number of hydrogen-bond acceptors (Lipinski definition) is 5. The zero-order valence-corrected chi connectivity index (χ0v) is 14.7. The molecule has 3 rings (SSSR count). The van der Waals surface area contributed by atoms with Crippen LogP contribution in [0.5, 0.6) is 11.5 Å². The lowest BCUT2D eigenvalue weighted by Gasteiger charge is -2.26. The summed E-state index contributed by atoms with van der Waals surface area (Å²) in [6, 6.07) is 3.22. The Balaban J connectivity index is 1.98. The van der Waals surface area contributed by atoms with Gasteiger partial charge in [0.25, 0.3) is 0 Å². The minimum absolute atomic E-state index is 0.00454. The monoisotopic (exact) mass is 390 g/mol. The highest BCUT2D eigenvalue weighted by Crippen LogP contribution is 2.39. The molecule has 1 saturated heterocycles. The number of ether oxygens (including phenoxy) is 2. The van der Waals surface area contributed by atoms with Gasteiger partial charge in [0, 0.05) is 29.7 Å². The van der Waals surface area contributed by atoms with Crippen molar-refractivity contribution in [2.24, 2.45) is 0 Å². The molecule has 0 saturated carbocycles. The number of nitrogens with one attached hydrogen (secondary N) is 1. The molecule has 0 aliphatic carbocycles. The van der Waals surface area contributed by atoms with E-state index in [-0.39, 0.29) is 10.9 Å². The quantitative estimate of drug-likeness (QED) is 0.845. The van der Waals surface area contributed by atoms with Crippen LogP contribution < -0.4 is 14.8 Å². The van der Waals surface area contributed by atoms with E-state index in [1.165, 1.54) is 0 Å². The third-order valence-corrected chi connectivity index (χ3v) is 6.86. The number of halogens is 1. The Kier molecular flexibility index (Phi) is 4.63. The summed E-state index contributed by atoms with van der Waals surface area (Å²) in [4.78, 5) is 0.236. The number of fused-ring (bicyclic) bond motifs is 1. The highest BCUT2D eigenvalue weighted by Gasteiger charge is 2.36. The van der Waals surface area contributed by atoms with Crippen molar-refractivity contribution in [1.82, 2.24) is 9.62 Å². The first-order chi connectivity index (χ1) is 10.5. The Morgan fingerprint density at radius 2 is 2.00 bits per heavy atom. The first-order valence-corrected chi connectivity index (χ1v) is 9.53. The van der Waals surface area contributed by atoms with E-state index in [2.05, 4.69) is 21.2 Å². The van der Waals surface area contributed by atoms with Gasteiger partial charge in [-0.05, 0) is 41.9 Å². The lowest BCUT2D eigenvalue weighted by atomic mass is 10.2. The second-order valence-corrected chi connectivity index (χ2v) is 8.11. The summed E-state index contributed by atoms with van der Waals surface area (Å²) < 4.78 is 39.1. The molecule has 6 nitrogen and oxygen atoms in total. The number of hydrogen-bond donors (Lipinski definition) is 1. The van der Waals surface area contributed by atoms with E-state index in [9.17, 15) is 8.42 Å². The molecule has 2 aliphatic heterocycles. The summed E-state index contributed by atoms with van der Waals surface area (Å²) >= 11 is 3.36. The SMILES string of the molecule is CNCC1CCCN1S(=O)(=O)c1cc2c(cc1Br)OCCO2. The van der Waals surface area contributed by atoms with Crippen molar-refractivity contribution >= 4 is 26.0 Å². The third-order valence-electron chi connectivity index (χ3n) is 3.95. The summed E-state index contributed by atoms with van der Waals surface area (Å²) in [7, 11) is -1.73. The van der Waals surface area contributed by atoms with Crippen molar-refractivity contribution in [3.63, 3.8) is 0 Å². The molecule has 2 heterocycles. The summed E-state index contributed by atoms with van der Waals surface area (Å²) in [5, 5.41) is 3.07. The third kappa shape index (κ3) is 2.84. The zero-order chi connectivity index (χ0) is 15.7. The van der Waals surface area contributed by atoms with Crippen LogP contribution in [0.2, 0.25) is 0 Å². The average molecular weight is 391 g/mol. The maximum absolute atomic E-state index is 13.0. The molecule has 22 heavy (non-hydrogen) atoms. The van der Waals surface area contributed by atoms with Crippen molar-refractivity contribution in [2.45, 2.75) is 23.8 Å². The van der Waals surface area contributed by atoms with Gasteiger partial charge < -0.3 is 14.8 Å². The van der Waals surface area contributed by atoms with Crippen LogP contribution in [0.1, 0.15) is 12.8 Å². The molecule has 1 unspecified atom stereocenters. The van der Waals surface area contributed by atoms with Gasteiger partial charge in [0.1, 0.15) is 18.1 Å². The van der Waals surface area contributed by atoms with Gasteiger partial charge in [-0.25, -0.2) is 8.42 Å². The molecule has 0 spiro atoms. The molecule has 0 radical (unpaired) electrons. The normalized spacial score (nSPS) is 22.0. The van der Waals surface area contributed by atoms with Crippen molar-refractivity contribution in [2.75, 3.05) is 33.4 Å². The standard InChI is InChI=1S/C14H19BrN2O4S/c1-16-9-10-3-2-4-17(10)22(18,19)14-8-13-12(7-11(14)15)20-5-6-21-13/h7-8,10,16H,2-6,9H2,1H3. The number of likely N-dealkylation sites (N-methyl/N-ethyl adjacent to an activating group) is 1. The van der Waals surface area contributed by atoms with Gasteiger partial charge in [0.2, 0.25) is 10.0 Å². The average Bonchev–Trinajstić information content (AvgIpc) is 2.96. The molecule has 1 N–H and O–H groups in total. The predicted molar refractivity (Wildman–Crippen MR) is 86.0 cm³/mol. The Labute approximate surface area is 139 Å². The maximum atomic E-state index is 13.0. The molecule has 1 aromatic carbocycles. The number of benzene rings is 1. The second-order valence-electron chi connectivity index (χ2n) is 5.40. The second kappa shape index (κ2) is 6.35. The zero-order valence-electron chi connectivity index (χ0n) is 12.3. The Morgan fingerprint density at radius 1 is 1.32 bits per heavy atom. The lowest BCUT2D eigenvalue weighted by molar-refractivity contribution is 0.171. The molecule has 2 aliphatic rings. The minimum Gasteiger partial charge on any atom is -0.486 e. The highest BCUT2D eigenvalue weighted by molar-refractivity contribution is 9.10. The van der Waals surface area contributed by atoms with Crippen molar-refractivity contribution in [1.29, 1.82) is 0 Å². The summed E-state index contributed by atoms with van der Waals surface area (Å²) in [5.74, 6) is 1.06. The molecule has 1 fully saturated rings. The van der Waals surface area contributed by atoms with Crippen LogP contribution in [-0.2, 0) is 10.0 Å². The van der Waals surface area contributed by atoms with Gasteiger partial charge >= 0.3 is 0 Å². The van der Waals surface area contributed by atoms with E-state index in [0.29, 0.717) is 42.3 Å². The highest BCUT2D eigenvalue weighted by atomic mass is 79.9. The van der Waals surface area contributed by atoms with Crippen LogP contribution >= 0.6 is 15.9 Å². The fourth-order valence-electron chi connectivity index (χ4n) is 2.93. The molecule has 122 valence electrons. The van der Waals surface area contributed by atoms with Crippen molar-refractivity contribution in [3.05, 3.63) is 16.6 Å². The fraction of sp³-hybridized carbons (Fsp3) is 0.571. The van der Waals surface area contributed by atoms with E-state index >= 15 is 0 Å². The van der Waals surface area contributed by atoms with Crippen LogP contribution in [-0.4, -0.2) is 52.1 Å². The molecular formula is C14H19BrN2O4S. The summed E-state index contributed by atoms with van der Waals surface area (Å²) in [6.45, 7) is 2.11. The molecular weight excluding hydrogens is 372 g/mol. The van der Waals surface area contributed by atoms with E-state index in [1.54, 1.807) is 16.4 Å². The minimum atomic E-state index is -3.56. The molecule has 1 atom stereocenters. The van der Waals surface area contributed by atoms with Crippen LogP contribution in [0, 0.1) is 0 Å². The van der Waals surface area contributed by atoms with E-state index in [4.69, 9.17) is 9.47 Å². The van der Waals surface area contributed by atoms with Crippen LogP contribution in [0.15, 0.2) is 21.5 Å². The van der Waals surface area contributed by atoms with E-state index < -0.39 is 10.0 Å². The van der Waals surface area contributed by atoms with Gasteiger partial charge in [-0.3, -0.25) is 0 Å². The lowest BCUT2D eigenvalue weighted by Crippen LogP contribution is -2.40. The van der Waals surface area contributed by atoms with Crippen molar-refractivity contribution in [3.8, 4) is 11.5 Å². The van der Waals surface area contributed by atoms with E-state index in [1.807, 2.05) is 7.05 Å². The van der Waals surface area contributed by atoms with Crippen LogP contribution in [0.25, 0.3) is 0 Å². The predicted octanol–water partition coefficient (Wildman–Crippen LogP) is 1.59. The largest absolute Gasteiger partial charge is 0.486 e. The Hall–Kier alpha value is -0.830. The molecule has 0 bridgehead atoms. The van der Waals surface area contributed by atoms with Gasteiger partial charge in [-0.2, -0.15) is 4.31 Å². The molecule has 8 heteroatoms. The molecule has 0 aromatic heterocycles. The number of nitrogens with zero attached hydrogens (tertiary/aromatic N) is 1. The first-order valence-electron chi connectivity index (χ1n) is 7.29. The maximum Gasteiger partial charge on any atom is 0.244 e. The Bertz CT molecular complexity index is 665. The van der Waals surface area contributed by atoms with Crippen LogP contribution in [0.4, 0.5) is 0 Å². The molecule has 0 amide bonds. The van der Waals surface area contributed by atoms with Gasteiger partial charge in [0.05, 0.1) is 0 Å². The van der Waals surface area contributed by atoms with Gasteiger partial charge in [-0.15, -0.1) is 0 Å². The van der Waals surface area contributed by atoms with Crippen molar-refractivity contribution < 1.29 is 17.9 Å². The Morgan fingerprint density at radius 3 is 2.68 bits per heavy atom. The van der Waals surface area contributed by atoms with Gasteiger partial charge in [0.15, 0.2) is 11.5 Å². The number of rotatable bonds is 4. The summed E-state index contributed by atoms with van der Waals surface area (Å²) in [5.41, 5.74) is 0. The smallest absolute Gasteiger partial charge is 0.244 e. The molecule has 1 aromatic rings. The van der Waals surface area contributed by atoms with E-state index in [0.717, 1.165) is 12.8 Å². The fourth-order valence-corrected chi connectivity index (χ4v) is 5.63. The van der Waals surface area contributed by atoms with Crippen LogP contribution in [0.3, 0.4) is 0 Å². The van der Waals surface area contributed by atoms with Gasteiger partial charge in [-0.1, -0.05) is 0 Å².